The number of amides is 3. The Morgan fingerprint density at radius 1 is 1.22 bits per heavy atom. The van der Waals surface area contributed by atoms with Crippen molar-refractivity contribution in [2.75, 3.05) is 34.0 Å². The van der Waals surface area contributed by atoms with Crippen LogP contribution in [0.15, 0.2) is 48.7 Å². The van der Waals surface area contributed by atoms with Crippen LogP contribution in [0.4, 0.5) is 41.1 Å². The molecule has 5 rings (SSSR count). The van der Waals surface area contributed by atoms with Crippen molar-refractivity contribution >= 4 is 35.1 Å². The lowest BCUT2D eigenvalue weighted by molar-refractivity contribution is -0.137. The van der Waals surface area contributed by atoms with Gasteiger partial charge in [0.15, 0.2) is 0 Å². The summed E-state index contributed by atoms with van der Waals surface area (Å²) in [6.45, 7) is 5.16. The molecule has 1 aromatic heterocycles. The van der Waals surface area contributed by atoms with Crippen LogP contribution in [0.5, 0.6) is 0 Å². The Hall–Kier alpha value is -4.19. The number of anilines is 4. The van der Waals surface area contributed by atoms with Gasteiger partial charge in [0.2, 0.25) is 5.95 Å². The first-order valence-electron chi connectivity index (χ1n) is 13.6. The number of halogens is 3. The van der Waals surface area contributed by atoms with Crippen LogP contribution in [0.2, 0.25) is 0 Å². The molecule has 0 bridgehead atoms. The molecule has 3 aromatic rings. The second-order valence-electron chi connectivity index (χ2n) is 10.4. The zero-order valence-electron chi connectivity index (χ0n) is 23.0. The van der Waals surface area contributed by atoms with Crippen LogP contribution < -0.4 is 25.8 Å². The monoisotopic (exact) mass is 567 g/mol. The maximum atomic E-state index is 13.5. The molecular formula is C29H32F3N7O2. The summed E-state index contributed by atoms with van der Waals surface area (Å²) in [4.78, 5) is 38.5. The number of hydrogen-bond donors (Lipinski definition) is 3. The van der Waals surface area contributed by atoms with Gasteiger partial charge in [-0.25, -0.2) is 9.78 Å². The molecule has 3 heterocycles. The van der Waals surface area contributed by atoms with E-state index in [0.717, 1.165) is 49.1 Å². The van der Waals surface area contributed by atoms with Gasteiger partial charge >= 0.3 is 12.2 Å². The zero-order valence-corrected chi connectivity index (χ0v) is 23.0. The topological polar surface area (TPSA) is 102 Å². The first-order valence-corrected chi connectivity index (χ1v) is 13.6. The molecule has 3 amide bonds. The Morgan fingerprint density at radius 3 is 2.73 bits per heavy atom. The number of urea groups is 1. The van der Waals surface area contributed by atoms with E-state index in [2.05, 4.69) is 32.8 Å². The molecule has 216 valence electrons. The predicted molar refractivity (Wildman–Crippen MR) is 151 cm³/mol. The number of aromatic nitrogens is 2. The van der Waals surface area contributed by atoms with Gasteiger partial charge in [0.05, 0.1) is 17.8 Å². The average Bonchev–Trinajstić information content (AvgIpc) is 3.49. The van der Waals surface area contributed by atoms with Crippen molar-refractivity contribution in [2.45, 2.75) is 57.9 Å². The Labute approximate surface area is 236 Å². The number of fused-ring (bicyclic) bond motifs is 1. The van der Waals surface area contributed by atoms with Crippen LogP contribution in [0.1, 0.15) is 53.2 Å². The third-order valence-electron chi connectivity index (χ3n) is 7.55. The van der Waals surface area contributed by atoms with E-state index in [1.807, 2.05) is 6.92 Å². The van der Waals surface area contributed by atoms with E-state index in [-0.39, 0.29) is 24.2 Å². The van der Waals surface area contributed by atoms with Crippen LogP contribution in [-0.4, -0.2) is 47.6 Å². The molecule has 12 heteroatoms. The minimum absolute atomic E-state index is 0.125. The van der Waals surface area contributed by atoms with E-state index < -0.39 is 17.6 Å². The second-order valence-corrected chi connectivity index (χ2v) is 10.4. The number of hydrogen-bond acceptors (Lipinski definition) is 6. The van der Waals surface area contributed by atoms with Gasteiger partial charge in [0.25, 0.3) is 5.91 Å². The quantitative estimate of drug-likeness (QED) is 0.345. The van der Waals surface area contributed by atoms with Crippen LogP contribution in [0.3, 0.4) is 0 Å². The number of nitrogens with zero attached hydrogens (tertiary/aromatic N) is 4. The van der Waals surface area contributed by atoms with Crippen molar-refractivity contribution < 1.29 is 22.8 Å². The number of rotatable bonds is 7. The smallest absolute Gasteiger partial charge is 0.350 e. The van der Waals surface area contributed by atoms with Gasteiger partial charge in [-0.2, -0.15) is 18.2 Å². The number of carbonyl (C=O) groups is 2. The van der Waals surface area contributed by atoms with E-state index >= 15 is 0 Å². The number of aryl methyl sites for hydroxylation is 1. The molecular weight excluding hydrogens is 535 g/mol. The van der Waals surface area contributed by atoms with Crippen molar-refractivity contribution in [1.29, 1.82) is 0 Å². The Morgan fingerprint density at radius 2 is 2.02 bits per heavy atom. The number of alkyl halides is 3. The molecule has 9 nitrogen and oxygen atoms in total. The molecule has 2 aliphatic heterocycles. The molecule has 3 N–H and O–H groups in total. The largest absolute Gasteiger partial charge is 0.416 e. The van der Waals surface area contributed by atoms with Crippen molar-refractivity contribution in [3.05, 3.63) is 70.9 Å². The molecule has 0 spiro atoms. The maximum Gasteiger partial charge on any atom is 0.416 e. The fourth-order valence-electron chi connectivity index (χ4n) is 5.29. The lowest BCUT2D eigenvalue weighted by Crippen LogP contribution is -2.46. The lowest BCUT2D eigenvalue weighted by Gasteiger charge is -2.35. The van der Waals surface area contributed by atoms with E-state index in [1.54, 1.807) is 36.3 Å². The standard InChI is InChI=1S/C29H32F3N7O2/c1-4-22(23-9-6-12-33-23)36-27-34-15-19-16-39(28(41)38(3)25(19)37-27)24-14-21(11-10-17(24)2)35-26(40)18-7-5-8-20(13-18)29(30,31)32/h5,7-8,10-11,13-15,22-23,33H,4,6,9,12,16H2,1-3H3,(H,35,40)(H,34,36,37). The van der Waals surface area contributed by atoms with Crippen LogP contribution in [0.25, 0.3) is 0 Å². The third kappa shape index (κ3) is 5.97. The van der Waals surface area contributed by atoms with E-state index in [1.165, 1.54) is 17.0 Å². The van der Waals surface area contributed by atoms with Crippen LogP contribution in [-0.2, 0) is 12.7 Å². The van der Waals surface area contributed by atoms with Gasteiger partial charge in [-0.05, 0) is 68.6 Å². The molecule has 1 saturated heterocycles. The van der Waals surface area contributed by atoms with E-state index in [4.69, 9.17) is 0 Å². The van der Waals surface area contributed by atoms with Gasteiger partial charge in [0, 0.05) is 42.1 Å². The van der Waals surface area contributed by atoms with Gasteiger partial charge in [0.1, 0.15) is 5.82 Å². The SMILES string of the molecule is CCC(Nc1ncc2c(n1)N(C)C(=O)N(c1cc(NC(=O)c3cccc(C(F)(F)F)c3)ccc1C)C2)C1CCCN1. The van der Waals surface area contributed by atoms with Gasteiger partial charge in [-0.3, -0.25) is 14.6 Å². The minimum atomic E-state index is -4.56. The minimum Gasteiger partial charge on any atom is -0.350 e. The fourth-order valence-corrected chi connectivity index (χ4v) is 5.29. The highest BCUT2D eigenvalue weighted by Crippen LogP contribution is 2.34. The summed E-state index contributed by atoms with van der Waals surface area (Å²) >= 11 is 0. The summed E-state index contributed by atoms with van der Waals surface area (Å²) in [7, 11) is 1.65. The highest BCUT2D eigenvalue weighted by Gasteiger charge is 2.33. The fraction of sp³-hybridized carbons (Fsp3) is 0.379. The molecule has 1 fully saturated rings. The molecule has 41 heavy (non-hydrogen) atoms. The van der Waals surface area contributed by atoms with Crippen molar-refractivity contribution in [2.24, 2.45) is 0 Å². The average molecular weight is 568 g/mol. The zero-order chi connectivity index (χ0) is 29.3. The predicted octanol–water partition coefficient (Wildman–Crippen LogP) is 5.58. The van der Waals surface area contributed by atoms with Crippen LogP contribution >= 0.6 is 0 Å². The van der Waals surface area contributed by atoms with Crippen LogP contribution in [0, 0.1) is 6.92 Å². The summed E-state index contributed by atoms with van der Waals surface area (Å²) in [6.07, 6.45) is 0.277. The van der Waals surface area contributed by atoms with Crippen molar-refractivity contribution in [1.82, 2.24) is 15.3 Å². The van der Waals surface area contributed by atoms with Crippen molar-refractivity contribution in [3.8, 4) is 0 Å². The number of benzene rings is 2. The molecule has 0 aliphatic carbocycles. The lowest BCUT2D eigenvalue weighted by atomic mass is 10.0. The highest BCUT2D eigenvalue weighted by molar-refractivity contribution is 6.07. The first-order chi connectivity index (χ1) is 19.5. The summed E-state index contributed by atoms with van der Waals surface area (Å²) < 4.78 is 39.3. The molecule has 2 aliphatic rings. The Balaban J connectivity index is 1.35. The van der Waals surface area contributed by atoms with Gasteiger partial charge in [-0.15, -0.1) is 0 Å². The first kappa shape index (κ1) is 28.3. The molecule has 2 atom stereocenters. The highest BCUT2D eigenvalue weighted by atomic mass is 19.4. The number of carbonyl (C=O) groups excluding carboxylic acids is 2. The second kappa shape index (κ2) is 11.4. The molecule has 2 aromatic carbocycles. The van der Waals surface area contributed by atoms with Crippen molar-refractivity contribution in [3.63, 3.8) is 0 Å². The Bertz CT molecular complexity index is 1460. The van der Waals surface area contributed by atoms with Gasteiger partial charge < -0.3 is 16.0 Å². The Kier molecular flexibility index (Phi) is 7.85. The summed E-state index contributed by atoms with van der Waals surface area (Å²) in [5, 5.41) is 9.58. The van der Waals surface area contributed by atoms with E-state index in [9.17, 15) is 22.8 Å². The normalized spacial score (nSPS) is 17.8. The summed E-state index contributed by atoms with van der Waals surface area (Å²) in [5.74, 6) is 0.294. The number of nitrogens with one attached hydrogen (secondary N) is 3. The third-order valence-corrected chi connectivity index (χ3v) is 7.55. The molecule has 2 unspecified atom stereocenters. The summed E-state index contributed by atoms with van der Waals surface area (Å²) in [5.41, 5.74) is 1.39. The maximum absolute atomic E-state index is 13.5. The molecule has 0 saturated carbocycles. The van der Waals surface area contributed by atoms with Gasteiger partial charge in [-0.1, -0.05) is 19.1 Å². The molecule has 0 radical (unpaired) electrons. The summed E-state index contributed by atoms with van der Waals surface area (Å²) in [6, 6.07) is 9.45. The van der Waals surface area contributed by atoms with E-state index in [0.29, 0.717) is 29.2 Å².